The third-order valence-electron chi connectivity index (χ3n) is 3.11. The number of rotatable bonds is 6. The summed E-state index contributed by atoms with van der Waals surface area (Å²) in [6, 6.07) is 9.64. The minimum atomic E-state index is -0.190. The maximum atomic E-state index is 12.3. The fraction of sp³-hybridized carbons (Fsp3) is 0.375. The Hall–Kier alpha value is -2.14. The van der Waals surface area contributed by atoms with Gasteiger partial charge in [-0.15, -0.1) is 0 Å². The predicted octanol–water partition coefficient (Wildman–Crippen LogP) is 2.43. The molecule has 0 saturated heterocycles. The highest BCUT2D eigenvalue weighted by Gasteiger charge is 2.14. The number of hydrogen-bond donors (Lipinski definition) is 2. The molecule has 5 heteroatoms. The van der Waals surface area contributed by atoms with Crippen molar-refractivity contribution in [2.24, 2.45) is 0 Å². The largest absolute Gasteiger partial charge is 0.383 e. The number of pyridine rings is 1. The van der Waals surface area contributed by atoms with Gasteiger partial charge in [0.15, 0.2) is 0 Å². The third kappa shape index (κ3) is 3.70. The van der Waals surface area contributed by atoms with E-state index in [1.54, 1.807) is 7.11 Å². The fourth-order valence-corrected chi connectivity index (χ4v) is 2.21. The molecule has 2 N–H and O–H groups in total. The van der Waals surface area contributed by atoms with Crippen molar-refractivity contribution in [3.63, 3.8) is 0 Å². The molecule has 0 radical (unpaired) electrons. The molecule has 0 bridgehead atoms. The fourth-order valence-electron chi connectivity index (χ4n) is 2.21. The van der Waals surface area contributed by atoms with Crippen molar-refractivity contribution in [3.05, 3.63) is 36.0 Å². The molecule has 5 nitrogen and oxygen atoms in total. The van der Waals surface area contributed by atoms with Crippen LogP contribution in [0.25, 0.3) is 10.8 Å². The SMILES string of the molecule is CCNc1nc(C(=O)NC(C)COC)cc2ccccc12. The lowest BCUT2D eigenvalue weighted by molar-refractivity contribution is 0.0901. The molecule has 1 unspecified atom stereocenters. The lowest BCUT2D eigenvalue weighted by Crippen LogP contribution is -2.36. The van der Waals surface area contributed by atoms with Crippen LogP contribution in [0.4, 0.5) is 5.82 Å². The molecule has 0 aliphatic carbocycles. The number of nitrogens with zero attached hydrogens (tertiary/aromatic N) is 1. The molecule has 0 spiro atoms. The number of anilines is 1. The number of nitrogens with one attached hydrogen (secondary N) is 2. The van der Waals surface area contributed by atoms with Gasteiger partial charge in [0, 0.05) is 25.1 Å². The van der Waals surface area contributed by atoms with Crippen LogP contribution in [0.2, 0.25) is 0 Å². The Balaban J connectivity index is 2.33. The van der Waals surface area contributed by atoms with Gasteiger partial charge in [-0.1, -0.05) is 24.3 Å². The molecule has 21 heavy (non-hydrogen) atoms. The van der Waals surface area contributed by atoms with Crippen molar-refractivity contribution >= 4 is 22.5 Å². The molecule has 1 aromatic heterocycles. The number of carbonyl (C=O) groups excluding carboxylic acids is 1. The molecule has 0 aliphatic heterocycles. The minimum absolute atomic E-state index is 0.0571. The first-order valence-electron chi connectivity index (χ1n) is 7.09. The summed E-state index contributed by atoms with van der Waals surface area (Å²) in [6.45, 7) is 5.12. The Morgan fingerprint density at radius 2 is 2.14 bits per heavy atom. The summed E-state index contributed by atoms with van der Waals surface area (Å²) >= 11 is 0. The highest BCUT2D eigenvalue weighted by Crippen LogP contribution is 2.22. The molecule has 2 aromatic rings. The summed E-state index contributed by atoms with van der Waals surface area (Å²) in [7, 11) is 1.61. The zero-order valence-electron chi connectivity index (χ0n) is 12.6. The Bertz CT molecular complexity index is 628. The zero-order chi connectivity index (χ0) is 15.2. The normalized spacial score (nSPS) is 12.1. The number of amides is 1. The first-order valence-corrected chi connectivity index (χ1v) is 7.09. The molecule has 1 atom stereocenters. The number of fused-ring (bicyclic) bond motifs is 1. The molecule has 2 rings (SSSR count). The van der Waals surface area contributed by atoms with E-state index >= 15 is 0 Å². The Kier molecular flexibility index (Phi) is 5.11. The summed E-state index contributed by atoms with van der Waals surface area (Å²) in [6.07, 6.45) is 0. The van der Waals surface area contributed by atoms with E-state index in [1.807, 2.05) is 44.2 Å². The van der Waals surface area contributed by atoms with Gasteiger partial charge in [0.25, 0.3) is 5.91 Å². The van der Waals surface area contributed by atoms with Crippen molar-refractivity contribution in [2.75, 3.05) is 25.6 Å². The highest BCUT2D eigenvalue weighted by molar-refractivity contribution is 6.00. The quantitative estimate of drug-likeness (QED) is 0.856. The van der Waals surface area contributed by atoms with Crippen molar-refractivity contribution in [1.29, 1.82) is 0 Å². The molecule has 1 aromatic carbocycles. The molecular formula is C16H21N3O2. The van der Waals surface area contributed by atoms with E-state index in [4.69, 9.17) is 4.74 Å². The van der Waals surface area contributed by atoms with Crippen LogP contribution in [0.15, 0.2) is 30.3 Å². The Morgan fingerprint density at radius 3 is 2.86 bits per heavy atom. The minimum Gasteiger partial charge on any atom is -0.383 e. The van der Waals surface area contributed by atoms with Gasteiger partial charge < -0.3 is 15.4 Å². The molecule has 1 amide bonds. The smallest absolute Gasteiger partial charge is 0.270 e. The van der Waals surface area contributed by atoms with Crippen LogP contribution in [-0.4, -0.2) is 37.2 Å². The Morgan fingerprint density at radius 1 is 1.38 bits per heavy atom. The van der Waals surface area contributed by atoms with E-state index in [0.29, 0.717) is 12.3 Å². The van der Waals surface area contributed by atoms with Gasteiger partial charge in [-0.2, -0.15) is 0 Å². The van der Waals surface area contributed by atoms with Crippen LogP contribution >= 0.6 is 0 Å². The summed E-state index contributed by atoms with van der Waals surface area (Å²) < 4.78 is 5.03. The number of hydrogen-bond acceptors (Lipinski definition) is 4. The van der Waals surface area contributed by atoms with Crippen molar-refractivity contribution in [3.8, 4) is 0 Å². The van der Waals surface area contributed by atoms with Gasteiger partial charge in [0.2, 0.25) is 0 Å². The van der Waals surface area contributed by atoms with Gasteiger partial charge in [-0.3, -0.25) is 4.79 Å². The van der Waals surface area contributed by atoms with Crippen LogP contribution in [0, 0.1) is 0 Å². The number of ether oxygens (including phenoxy) is 1. The topological polar surface area (TPSA) is 63.2 Å². The monoisotopic (exact) mass is 287 g/mol. The lowest BCUT2D eigenvalue weighted by atomic mass is 10.1. The molecule has 112 valence electrons. The van der Waals surface area contributed by atoms with Crippen molar-refractivity contribution in [1.82, 2.24) is 10.3 Å². The molecule has 0 saturated carbocycles. The van der Waals surface area contributed by atoms with Crippen LogP contribution < -0.4 is 10.6 Å². The lowest BCUT2D eigenvalue weighted by Gasteiger charge is -2.14. The number of aromatic nitrogens is 1. The van der Waals surface area contributed by atoms with Crippen LogP contribution in [-0.2, 0) is 4.74 Å². The summed E-state index contributed by atoms with van der Waals surface area (Å²) in [4.78, 5) is 16.7. The standard InChI is InChI=1S/C16H21N3O2/c1-4-17-15-13-8-6-5-7-12(13)9-14(19-15)16(20)18-11(2)10-21-3/h5-9,11H,4,10H2,1-3H3,(H,17,19)(H,18,20). The number of benzene rings is 1. The van der Waals surface area contributed by atoms with Gasteiger partial charge in [-0.25, -0.2) is 4.98 Å². The van der Waals surface area contributed by atoms with E-state index < -0.39 is 0 Å². The summed E-state index contributed by atoms with van der Waals surface area (Å²) in [5.74, 6) is 0.546. The summed E-state index contributed by atoms with van der Waals surface area (Å²) in [5, 5.41) is 8.09. The first-order chi connectivity index (χ1) is 10.2. The molecule has 0 fully saturated rings. The maximum Gasteiger partial charge on any atom is 0.270 e. The zero-order valence-corrected chi connectivity index (χ0v) is 12.6. The second-order valence-corrected chi connectivity index (χ2v) is 4.94. The number of carbonyl (C=O) groups is 1. The Labute approximate surface area is 124 Å². The van der Waals surface area contributed by atoms with Gasteiger partial charge in [0.1, 0.15) is 11.5 Å². The third-order valence-corrected chi connectivity index (χ3v) is 3.11. The molecular weight excluding hydrogens is 266 g/mol. The van der Waals surface area contributed by atoms with Crippen LogP contribution in [0.5, 0.6) is 0 Å². The van der Waals surface area contributed by atoms with Crippen molar-refractivity contribution in [2.45, 2.75) is 19.9 Å². The average Bonchev–Trinajstić information content (AvgIpc) is 2.47. The molecule has 0 aliphatic rings. The second-order valence-electron chi connectivity index (χ2n) is 4.94. The van der Waals surface area contributed by atoms with Gasteiger partial charge in [-0.05, 0) is 25.3 Å². The van der Waals surface area contributed by atoms with Gasteiger partial charge in [0.05, 0.1) is 6.61 Å². The van der Waals surface area contributed by atoms with Crippen LogP contribution in [0.3, 0.4) is 0 Å². The summed E-state index contributed by atoms with van der Waals surface area (Å²) in [5.41, 5.74) is 0.410. The van der Waals surface area contributed by atoms with E-state index in [1.165, 1.54) is 0 Å². The van der Waals surface area contributed by atoms with E-state index in [2.05, 4.69) is 15.6 Å². The number of methoxy groups -OCH3 is 1. The van der Waals surface area contributed by atoms with Gasteiger partial charge >= 0.3 is 0 Å². The van der Waals surface area contributed by atoms with Crippen LogP contribution in [0.1, 0.15) is 24.3 Å². The molecule has 1 heterocycles. The van der Waals surface area contributed by atoms with E-state index in [-0.39, 0.29) is 11.9 Å². The second kappa shape index (κ2) is 7.04. The predicted molar refractivity (Wildman–Crippen MR) is 84.7 cm³/mol. The first kappa shape index (κ1) is 15.3. The van der Waals surface area contributed by atoms with Crippen molar-refractivity contribution < 1.29 is 9.53 Å². The average molecular weight is 287 g/mol. The van der Waals surface area contributed by atoms with E-state index in [0.717, 1.165) is 23.1 Å². The highest BCUT2D eigenvalue weighted by atomic mass is 16.5. The van der Waals surface area contributed by atoms with E-state index in [9.17, 15) is 4.79 Å². The maximum absolute atomic E-state index is 12.3.